The molecule has 0 heterocycles. The lowest BCUT2D eigenvalue weighted by Gasteiger charge is -2.20. The Balaban J connectivity index is 2.71. The van der Waals surface area contributed by atoms with Crippen molar-refractivity contribution in [1.82, 2.24) is 5.32 Å². The molecular weight excluding hydrogens is 276 g/mol. The van der Waals surface area contributed by atoms with Crippen molar-refractivity contribution in [2.24, 2.45) is 5.41 Å². The van der Waals surface area contributed by atoms with Crippen LogP contribution in [0.15, 0.2) is 18.2 Å². The van der Waals surface area contributed by atoms with Gasteiger partial charge in [-0.05, 0) is 25.5 Å². The zero-order chi connectivity index (χ0) is 15.2. The van der Waals surface area contributed by atoms with Gasteiger partial charge in [0.15, 0.2) is 0 Å². The van der Waals surface area contributed by atoms with Gasteiger partial charge in [-0.2, -0.15) is 5.26 Å². The van der Waals surface area contributed by atoms with E-state index < -0.39 is 5.41 Å². The van der Waals surface area contributed by atoms with Crippen molar-refractivity contribution in [3.63, 3.8) is 0 Å². The van der Waals surface area contributed by atoms with Crippen molar-refractivity contribution in [1.29, 1.82) is 5.26 Å². The summed E-state index contributed by atoms with van der Waals surface area (Å²) < 4.78 is 5.20. The Labute approximate surface area is 124 Å². The average Bonchev–Trinajstić information content (AvgIpc) is 2.47. The summed E-state index contributed by atoms with van der Waals surface area (Å²) in [5, 5.41) is 12.3. The molecule has 0 fully saturated rings. The molecule has 108 valence electrons. The summed E-state index contributed by atoms with van der Waals surface area (Å²) in [5.74, 6) is 0.414. The summed E-state index contributed by atoms with van der Waals surface area (Å²) in [6.45, 7) is 4.07. The fourth-order valence-corrected chi connectivity index (χ4v) is 1.89. The molecular formula is C15H19ClN2O2. The third-order valence-electron chi connectivity index (χ3n) is 3.36. The van der Waals surface area contributed by atoms with Crippen molar-refractivity contribution < 1.29 is 9.53 Å². The number of nitriles is 1. The van der Waals surface area contributed by atoms with Crippen LogP contribution in [0.25, 0.3) is 0 Å². The summed E-state index contributed by atoms with van der Waals surface area (Å²) in [4.78, 5) is 12.0. The van der Waals surface area contributed by atoms with Crippen LogP contribution in [0.3, 0.4) is 0 Å². The molecule has 20 heavy (non-hydrogen) atoms. The average molecular weight is 295 g/mol. The number of carbonyl (C=O) groups excluding carboxylic acids is 1. The maximum absolute atomic E-state index is 12.0. The first-order valence-electron chi connectivity index (χ1n) is 6.45. The van der Waals surface area contributed by atoms with Gasteiger partial charge in [-0.3, -0.25) is 4.79 Å². The monoisotopic (exact) mass is 294 g/mol. The smallest absolute Gasteiger partial charge is 0.224 e. The lowest BCUT2D eigenvalue weighted by atomic mass is 9.89. The van der Waals surface area contributed by atoms with Crippen LogP contribution < -0.4 is 10.1 Å². The van der Waals surface area contributed by atoms with E-state index >= 15 is 0 Å². The summed E-state index contributed by atoms with van der Waals surface area (Å²) in [5.41, 5.74) is 0.115. The van der Waals surface area contributed by atoms with Crippen LogP contribution in [0.4, 0.5) is 0 Å². The molecule has 0 bridgehead atoms. The van der Waals surface area contributed by atoms with Gasteiger partial charge in [-0.15, -0.1) is 0 Å². The van der Waals surface area contributed by atoms with Crippen molar-refractivity contribution in [2.45, 2.75) is 26.7 Å². The van der Waals surface area contributed by atoms with Gasteiger partial charge in [-0.25, -0.2) is 0 Å². The van der Waals surface area contributed by atoms with Gasteiger partial charge >= 0.3 is 0 Å². The molecule has 0 saturated heterocycles. The van der Waals surface area contributed by atoms with Gasteiger partial charge in [0.05, 0.1) is 25.0 Å². The van der Waals surface area contributed by atoms with Crippen molar-refractivity contribution >= 4 is 17.5 Å². The summed E-state index contributed by atoms with van der Waals surface area (Å²) in [6, 6.07) is 7.47. The van der Waals surface area contributed by atoms with Crippen LogP contribution >= 0.6 is 11.6 Å². The van der Waals surface area contributed by atoms with Crippen molar-refractivity contribution in [2.75, 3.05) is 13.7 Å². The lowest BCUT2D eigenvalue weighted by Crippen LogP contribution is -2.35. The topological polar surface area (TPSA) is 62.1 Å². The molecule has 0 spiro atoms. The largest absolute Gasteiger partial charge is 0.496 e. The Morgan fingerprint density at radius 1 is 1.55 bits per heavy atom. The van der Waals surface area contributed by atoms with Gasteiger partial charge in [-0.1, -0.05) is 24.6 Å². The summed E-state index contributed by atoms with van der Waals surface area (Å²) in [7, 11) is 1.54. The fourth-order valence-electron chi connectivity index (χ4n) is 1.66. The number of nitrogens with one attached hydrogen (secondary N) is 1. The molecule has 5 heteroatoms. The lowest BCUT2D eigenvalue weighted by molar-refractivity contribution is -0.120. The molecule has 1 aromatic rings. The van der Waals surface area contributed by atoms with Crippen LogP contribution in [0.2, 0.25) is 5.02 Å². The molecule has 0 aliphatic heterocycles. The normalized spacial score (nSPS) is 13.2. The third-order valence-corrected chi connectivity index (χ3v) is 3.71. The highest BCUT2D eigenvalue weighted by molar-refractivity contribution is 6.31. The molecule has 0 aliphatic carbocycles. The van der Waals surface area contributed by atoms with E-state index in [-0.39, 0.29) is 12.3 Å². The van der Waals surface area contributed by atoms with Crippen LogP contribution in [0, 0.1) is 16.7 Å². The maximum Gasteiger partial charge on any atom is 0.224 e. The predicted molar refractivity (Wildman–Crippen MR) is 78.7 cm³/mol. The highest BCUT2D eigenvalue weighted by Crippen LogP contribution is 2.26. The molecule has 0 radical (unpaired) electrons. The highest BCUT2D eigenvalue weighted by atomic mass is 35.5. The molecule has 0 aromatic heterocycles. The van der Waals surface area contributed by atoms with E-state index in [9.17, 15) is 4.79 Å². The van der Waals surface area contributed by atoms with E-state index in [1.54, 1.807) is 18.2 Å². The summed E-state index contributed by atoms with van der Waals surface area (Å²) >= 11 is 6.08. The van der Waals surface area contributed by atoms with Crippen molar-refractivity contribution in [3.8, 4) is 11.8 Å². The molecule has 0 aliphatic rings. The molecule has 1 atom stereocenters. The third kappa shape index (κ3) is 4.14. The predicted octanol–water partition coefficient (Wildman–Crippen LogP) is 2.95. The quantitative estimate of drug-likeness (QED) is 0.877. The van der Waals surface area contributed by atoms with E-state index in [0.29, 0.717) is 29.3 Å². The first-order chi connectivity index (χ1) is 9.45. The molecule has 1 aromatic carbocycles. The first-order valence-corrected chi connectivity index (χ1v) is 6.83. The minimum Gasteiger partial charge on any atom is -0.496 e. The standard InChI is InChI=1S/C15H19ClN2O2/c1-4-15(2,9-17)10-18-14(19)8-11-12(16)6-5-7-13(11)20-3/h5-7H,4,8,10H2,1-3H3,(H,18,19). The van der Waals surface area contributed by atoms with Gasteiger partial charge in [0, 0.05) is 17.1 Å². The minimum absolute atomic E-state index is 0.133. The van der Waals surface area contributed by atoms with Crippen LogP contribution in [0.1, 0.15) is 25.8 Å². The van der Waals surface area contributed by atoms with Crippen LogP contribution in [0.5, 0.6) is 5.75 Å². The second kappa shape index (κ2) is 7.16. The van der Waals surface area contributed by atoms with Gasteiger partial charge in [0.2, 0.25) is 5.91 Å². The molecule has 4 nitrogen and oxygen atoms in total. The number of methoxy groups -OCH3 is 1. The van der Waals surface area contributed by atoms with E-state index in [2.05, 4.69) is 11.4 Å². The maximum atomic E-state index is 12.0. The van der Waals surface area contributed by atoms with Crippen LogP contribution in [-0.4, -0.2) is 19.6 Å². The molecule has 1 unspecified atom stereocenters. The number of hydrogen-bond donors (Lipinski definition) is 1. The number of carbonyl (C=O) groups is 1. The zero-order valence-corrected chi connectivity index (χ0v) is 12.8. The SMILES string of the molecule is CCC(C)(C#N)CNC(=O)Cc1c(Cl)cccc1OC. The fraction of sp³-hybridized carbons (Fsp3) is 0.467. The number of nitrogens with zero attached hydrogens (tertiary/aromatic N) is 1. The molecule has 1 rings (SSSR count). The van der Waals surface area contributed by atoms with E-state index in [1.165, 1.54) is 7.11 Å². The van der Waals surface area contributed by atoms with Gasteiger partial charge in [0.1, 0.15) is 5.75 Å². The zero-order valence-electron chi connectivity index (χ0n) is 12.0. The number of benzene rings is 1. The molecule has 0 saturated carbocycles. The second-order valence-electron chi connectivity index (χ2n) is 4.90. The van der Waals surface area contributed by atoms with E-state index in [4.69, 9.17) is 21.6 Å². The number of ether oxygens (including phenoxy) is 1. The molecule has 1 N–H and O–H groups in total. The first kappa shape index (κ1) is 16.3. The molecule has 1 amide bonds. The number of amides is 1. The van der Waals surface area contributed by atoms with E-state index in [0.717, 1.165) is 0 Å². The van der Waals surface area contributed by atoms with E-state index in [1.807, 2.05) is 13.8 Å². The Bertz CT molecular complexity index is 525. The Morgan fingerprint density at radius 3 is 2.80 bits per heavy atom. The highest BCUT2D eigenvalue weighted by Gasteiger charge is 2.22. The van der Waals surface area contributed by atoms with Gasteiger partial charge in [0.25, 0.3) is 0 Å². The van der Waals surface area contributed by atoms with Crippen LogP contribution in [-0.2, 0) is 11.2 Å². The van der Waals surface area contributed by atoms with Gasteiger partial charge < -0.3 is 10.1 Å². The second-order valence-corrected chi connectivity index (χ2v) is 5.31. The number of halogens is 1. The summed E-state index contributed by atoms with van der Waals surface area (Å²) in [6.07, 6.45) is 0.813. The number of hydrogen-bond acceptors (Lipinski definition) is 3. The number of rotatable bonds is 6. The Morgan fingerprint density at radius 2 is 2.25 bits per heavy atom. The Hall–Kier alpha value is -1.73. The van der Waals surface area contributed by atoms with Crippen molar-refractivity contribution in [3.05, 3.63) is 28.8 Å². The minimum atomic E-state index is -0.541. The Kier molecular flexibility index (Phi) is 5.84.